The summed E-state index contributed by atoms with van der Waals surface area (Å²) in [6.07, 6.45) is 1.41. The highest BCUT2D eigenvalue weighted by Gasteiger charge is 2.37. The number of anilines is 1. The Bertz CT molecular complexity index is 1220. The average Bonchev–Trinajstić information content (AvgIpc) is 3.35. The lowest BCUT2D eigenvalue weighted by Crippen LogP contribution is -2.18. The highest BCUT2D eigenvalue weighted by atomic mass is 19.4. The van der Waals surface area contributed by atoms with Crippen molar-refractivity contribution in [1.29, 1.82) is 0 Å². The number of amides is 1. The molecule has 12 heteroatoms. The first-order valence-corrected chi connectivity index (χ1v) is 10.9. The van der Waals surface area contributed by atoms with Crippen LogP contribution in [-0.4, -0.2) is 55.3 Å². The SMILES string of the molecule is C=C.COC(C)/C=C(\C=C/C(C)O)C(=O)Nc1ccc(-n2nc(-c3cccnc3)cc2C(F)(F)F)nn1. The van der Waals surface area contributed by atoms with Crippen LogP contribution in [0.2, 0.25) is 0 Å². The number of aromatic nitrogens is 5. The van der Waals surface area contributed by atoms with Crippen molar-refractivity contribution in [3.63, 3.8) is 0 Å². The Morgan fingerprint density at radius 2 is 1.95 bits per heavy atom. The minimum atomic E-state index is -4.70. The molecule has 3 rings (SSSR count). The number of pyridine rings is 1. The van der Waals surface area contributed by atoms with Gasteiger partial charge in [-0.2, -0.15) is 18.3 Å². The van der Waals surface area contributed by atoms with Crippen LogP contribution >= 0.6 is 0 Å². The van der Waals surface area contributed by atoms with Gasteiger partial charge in [0.2, 0.25) is 0 Å². The molecular weight excluding hydrogens is 489 g/mol. The first-order valence-electron chi connectivity index (χ1n) is 10.9. The second kappa shape index (κ2) is 13.2. The number of carbonyl (C=O) groups is 1. The highest BCUT2D eigenvalue weighted by molar-refractivity contribution is 6.05. The van der Waals surface area contributed by atoms with Gasteiger partial charge in [0.15, 0.2) is 17.3 Å². The number of ether oxygens (including phenoxy) is 1. The number of hydrogen-bond acceptors (Lipinski definition) is 7. The molecule has 0 aromatic carbocycles. The van der Waals surface area contributed by atoms with E-state index < -0.39 is 30.0 Å². The molecule has 3 aromatic rings. The molecule has 1 amide bonds. The number of carbonyl (C=O) groups excluding carboxylic acids is 1. The molecule has 2 atom stereocenters. The number of nitrogens with one attached hydrogen (secondary N) is 1. The summed E-state index contributed by atoms with van der Waals surface area (Å²) >= 11 is 0. The van der Waals surface area contributed by atoms with Crippen molar-refractivity contribution in [2.45, 2.75) is 32.2 Å². The summed E-state index contributed by atoms with van der Waals surface area (Å²) in [7, 11) is 1.48. The van der Waals surface area contributed by atoms with E-state index in [1.807, 2.05) is 0 Å². The molecule has 37 heavy (non-hydrogen) atoms. The van der Waals surface area contributed by atoms with E-state index in [0.29, 0.717) is 10.2 Å². The lowest BCUT2D eigenvalue weighted by molar-refractivity contribution is -0.142. The summed E-state index contributed by atoms with van der Waals surface area (Å²) in [6.45, 7) is 9.25. The topological polar surface area (TPSA) is 115 Å². The largest absolute Gasteiger partial charge is 0.433 e. The van der Waals surface area contributed by atoms with Gasteiger partial charge in [-0.25, -0.2) is 4.68 Å². The first-order chi connectivity index (χ1) is 17.6. The van der Waals surface area contributed by atoms with Crippen LogP contribution in [0.25, 0.3) is 17.1 Å². The van der Waals surface area contributed by atoms with Crippen LogP contribution in [0.4, 0.5) is 19.0 Å². The molecule has 0 aliphatic carbocycles. The average molecular weight is 517 g/mol. The van der Waals surface area contributed by atoms with Crippen molar-refractivity contribution in [3.05, 3.63) is 85.4 Å². The Kier molecular flexibility index (Phi) is 10.4. The number of nitrogens with zero attached hydrogens (tertiary/aromatic N) is 5. The molecule has 2 unspecified atom stereocenters. The van der Waals surface area contributed by atoms with Gasteiger partial charge in [-0.05, 0) is 50.3 Å². The lowest BCUT2D eigenvalue weighted by Gasteiger charge is -2.10. The zero-order valence-corrected chi connectivity index (χ0v) is 20.5. The highest BCUT2D eigenvalue weighted by Crippen LogP contribution is 2.33. The lowest BCUT2D eigenvalue weighted by atomic mass is 10.1. The van der Waals surface area contributed by atoms with Crippen LogP contribution in [0, 0.1) is 0 Å². The Balaban J connectivity index is 0.00000235. The van der Waals surface area contributed by atoms with Crippen molar-refractivity contribution < 1.29 is 27.8 Å². The zero-order valence-electron chi connectivity index (χ0n) is 20.5. The molecule has 0 spiro atoms. The smallest absolute Gasteiger partial charge is 0.389 e. The third kappa shape index (κ3) is 8.19. The molecule has 0 aliphatic rings. The molecule has 0 fully saturated rings. The summed E-state index contributed by atoms with van der Waals surface area (Å²) in [5, 5.41) is 23.7. The summed E-state index contributed by atoms with van der Waals surface area (Å²) in [5.41, 5.74) is -0.372. The Labute approximate surface area is 212 Å². The maximum Gasteiger partial charge on any atom is 0.433 e. The Morgan fingerprint density at radius 1 is 1.22 bits per heavy atom. The van der Waals surface area contributed by atoms with Crippen molar-refractivity contribution >= 4 is 11.7 Å². The van der Waals surface area contributed by atoms with Crippen LogP contribution < -0.4 is 5.32 Å². The van der Waals surface area contributed by atoms with Gasteiger partial charge < -0.3 is 15.2 Å². The third-order valence-electron chi connectivity index (χ3n) is 4.67. The van der Waals surface area contributed by atoms with Crippen LogP contribution in [0.15, 0.2) is 79.7 Å². The second-order valence-electron chi connectivity index (χ2n) is 7.46. The summed E-state index contributed by atoms with van der Waals surface area (Å²) in [4.78, 5) is 16.6. The van der Waals surface area contributed by atoms with Crippen LogP contribution in [-0.2, 0) is 15.7 Å². The first kappa shape index (κ1) is 29.1. The molecule has 196 valence electrons. The summed E-state index contributed by atoms with van der Waals surface area (Å²) in [5.74, 6) is -0.751. The van der Waals surface area contributed by atoms with E-state index in [0.717, 1.165) is 6.07 Å². The van der Waals surface area contributed by atoms with E-state index >= 15 is 0 Å². The van der Waals surface area contributed by atoms with Gasteiger partial charge in [0.25, 0.3) is 5.91 Å². The van der Waals surface area contributed by atoms with Crippen molar-refractivity contribution in [2.24, 2.45) is 0 Å². The molecule has 2 N–H and O–H groups in total. The number of hydrogen-bond donors (Lipinski definition) is 2. The van der Waals surface area contributed by atoms with E-state index in [1.165, 1.54) is 56.8 Å². The number of aliphatic hydroxyl groups excluding tert-OH is 1. The summed E-state index contributed by atoms with van der Waals surface area (Å²) < 4.78 is 46.7. The van der Waals surface area contributed by atoms with Gasteiger partial charge in [0.1, 0.15) is 0 Å². The van der Waals surface area contributed by atoms with Crippen LogP contribution in [0.1, 0.15) is 19.5 Å². The molecule has 3 aromatic heterocycles. The molecule has 3 heterocycles. The monoisotopic (exact) mass is 516 g/mol. The van der Waals surface area contributed by atoms with E-state index in [-0.39, 0.29) is 22.9 Å². The zero-order chi connectivity index (χ0) is 27.6. The maximum atomic E-state index is 13.6. The predicted molar refractivity (Wildman–Crippen MR) is 133 cm³/mol. The molecule has 0 aliphatic heterocycles. The normalized spacial score (nSPS) is 13.5. The third-order valence-corrected chi connectivity index (χ3v) is 4.67. The Hall–Kier alpha value is -4.16. The van der Waals surface area contributed by atoms with Gasteiger partial charge in [-0.1, -0.05) is 12.2 Å². The fourth-order valence-electron chi connectivity index (χ4n) is 2.88. The number of alkyl halides is 3. The molecule has 0 saturated heterocycles. The molecule has 0 bridgehead atoms. The fraction of sp³-hybridized carbons (Fsp3) is 0.240. The second-order valence-corrected chi connectivity index (χ2v) is 7.46. The van der Waals surface area contributed by atoms with E-state index in [4.69, 9.17) is 4.74 Å². The Morgan fingerprint density at radius 3 is 2.49 bits per heavy atom. The molecule has 0 radical (unpaired) electrons. The number of rotatable bonds is 8. The van der Waals surface area contributed by atoms with Gasteiger partial charge in [-0.3, -0.25) is 9.78 Å². The number of methoxy groups -OCH3 is 1. The number of halogens is 3. The quantitative estimate of drug-likeness (QED) is 0.259. The van der Waals surface area contributed by atoms with Crippen LogP contribution in [0.3, 0.4) is 0 Å². The van der Waals surface area contributed by atoms with Crippen molar-refractivity contribution in [3.8, 4) is 17.1 Å². The standard InChI is InChI=1S/C23H23F3N6O3.C2H4/c1-14(33)6-7-16(11-15(2)35-3)22(34)28-20-8-9-21(30-29-20)32-19(23(24,25)26)12-18(31-32)17-5-4-10-27-13-17;1-2/h4-15,33H,1-3H3,(H,28,29,34);1-2H2/b7-6-,16-11+;. The van der Waals surface area contributed by atoms with Crippen molar-refractivity contribution in [2.75, 3.05) is 12.4 Å². The van der Waals surface area contributed by atoms with E-state index in [1.54, 1.807) is 19.1 Å². The van der Waals surface area contributed by atoms with Gasteiger partial charge in [-0.15, -0.1) is 23.4 Å². The molecule has 9 nitrogen and oxygen atoms in total. The minimum Gasteiger partial charge on any atom is -0.389 e. The predicted octanol–water partition coefficient (Wildman–Crippen LogP) is 4.38. The van der Waals surface area contributed by atoms with Gasteiger partial charge in [0.05, 0.1) is 17.9 Å². The number of aliphatic hydroxyl groups is 1. The molecule has 0 saturated carbocycles. The summed E-state index contributed by atoms with van der Waals surface area (Å²) in [6, 6.07) is 6.64. The van der Waals surface area contributed by atoms with E-state index in [2.05, 4.69) is 38.8 Å². The molecular formula is C25H27F3N6O3. The van der Waals surface area contributed by atoms with Gasteiger partial charge >= 0.3 is 6.18 Å². The van der Waals surface area contributed by atoms with Crippen LogP contribution in [0.5, 0.6) is 0 Å². The van der Waals surface area contributed by atoms with Gasteiger partial charge in [0, 0.05) is 30.6 Å². The fourth-order valence-corrected chi connectivity index (χ4v) is 2.88. The minimum absolute atomic E-state index is 0.00774. The van der Waals surface area contributed by atoms with Crippen molar-refractivity contribution in [1.82, 2.24) is 25.0 Å². The maximum absolute atomic E-state index is 13.6. The van der Waals surface area contributed by atoms with E-state index in [9.17, 15) is 23.1 Å².